The van der Waals surface area contributed by atoms with Crippen LogP contribution in [0, 0.1) is 0 Å². The minimum absolute atomic E-state index is 0.176. The maximum absolute atomic E-state index is 12.1. The summed E-state index contributed by atoms with van der Waals surface area (Å²) in [6, 6.07) is 1.40. The van der Waals surface area contributed by atoms with Crippen LogP contribution < -0.4 is 16.2 Å². The zero-order chi connectivity index (χ0) is 14.1. The second kappa shape index (κ2) is 5.04. The van der Waals surface area contributed by atoms with Crippen molar-refractivity contribution in [2.45, 2.75) is 25.4 Å². The molecule has 1 aliphatic rings. The van der Waals surface area contributed by atoms with Gasteiger partial charge < -0.3 is 5.32 Å². The van der Waals surface area contributed by atoms with Crippen LogP contribution in [0.4, 0.5) is 4.79 Å². The lowest BCUT2D eigenvalue weighted by molar-refractivity contribution is -0.120. The van der Waals surface area contributed by atoms with Gasteiger partial charge in [0.2, 0.25) is 5.91 Å². The average Bonchev–Trinajstić information content (AvgIpc) is 3.06. The molecule has 3 amide bonds. The predicted octanol–water partition coefficient (Wildman–Crippen LogP) is 0.446. The second-order valence-corrected chi connectivity index (χ2v) is 5.52. The molecule has 20 heavy (non-hydrogen) atoms. The van der Waals surface area contributed by atoms with Gasteiger partial charge in [0.25, 0.3) is 5.56 Å². The molecule has 3 rings (SSSR count). The van der Waals surface area contributed by atoms with Gasteiger partial charge in [0.1, 0.15) is 11.2 Å². The third-order valence-corrected chi connectivity index (χ3v) is 3.81. The molecule has 2 aromatic rings. The third kappa shape index (κ3) is 2.69. The van der Waals surface area contributed by atoms with Crippen LogP contribution in [0.2, 0.25) is 0 Å². The van der Waals surface area contributed by atoms with Gasteiger partial charge in [0.15, 0.2) is 0 Å². The molecular formula is C12H12N4O3S. The van der Waals surface area contributed by atoms with E-state index in [1.54, 1.807) is 11.4 Å². The van der Waals surface area contributed by atoms with Crippen molar-refractivity contribution < 1.29 is 9.59 Å². The van der Waals surface area contributed by atoms with Gasteiger partial charge in [-0.05, 0) is 24.3 Å². The zero-order valence-corrected chi connectivity index (χ0v) is 11.3. The highest BCUT2D eigenvalue weighted by Gasteiger charge is 2.24. The van der Waals surface area contributed by atoms with E-state index in [0.717, 1.165) is 12.8 Å². The summed E-state index contributed by atoms with van der Waals surface area (Å²) in [6.45, 7) is -0.224. The van der Waals surface area contributed by atoms with Crippen molar-refractivity contribution in [1.29, 1.82) is 0 Å². The Labute approximate surface area is 117 Å². The van der Waals surface area contributed by atoms with E-state index in [-0.39, 0.29) is 18.1 Å². The standard InChI is InChI=1S/C12H12N4O3S/c17-9(15-12(19)14-7-1-2-7)5-16-6-13-8-3-4-20-10(8)11(16)18/h3-4,6-7H,1-2,5H2,(H2,14,15,17,19). The normalized spacial score (nSPS) is 14.2. The number of nitrogens with one attached hydrogen (secondary N) is 2. The molecule has 2 aromatic heterocycles. The highest BCUT2D eigenvalue weighted by molar-refractivity contribution is 7.17. The van der Waals surface area contributed by atoms with Crippen molar-refractivity contribution in [3.05, 3.63) is 28.1 Å². The molecule has 0 unspecified atom stereocenters. The van der Waals surface area contributed by atoms with E-state index in [2.05, 4.69) is 15.6 Å². The van der Waals surface area contributed by atoms with E-state index >= 15 is 0 Å². The molecule has 0 aliphatic heterocycles. The molecule has 0 atom stereocenters. The van der Waals surface area contributed by atoms with E-state index in [1.165, 1.54) is 22.2 Å². The Balaban J connectivity index is 1.68. The van der Waals surface area contributed by atoms with Crippen LogP contribution in [0.25, 0.3) is 10.2 Å². The number of aromatic nitrogens is 2. The van der Waals surface area contributed by atoms with Gasteiger partial charge in [-0.1, -0.05) is 0 Å². The molecule has 0 radical (unpaired) electrons. The molecule has 0 aromatic carbocycles. The lowest BCUT2D eigenvalue weighted by atomic mass is 10.4. The SMILES string of the molecule is O=C(Cn1cnc2ccsc2c1=O)NC(=O)NC1CC1. The maximum atomic E-state index is 12.1. The van der Waals surface area contributed by atoms with Crippen molar-refractivity contribution in [2.75, 3.05) is 0 Å². The Morgan fingerprint density at radius 2 is 2.25 bits per heavy atom. The van der Waals surface area contributed by atoms with E-state index in [4.69, 9.17) is 0 Å². The van der Waals surface area contributed by atoms with Crippen molar-refractivity contribution in [2.24, 2.45) is 0 Å². The molecule has 2 heterocycles. The Morgan fingerprint density at radius 3 is 3.00 bits per heavy atom. The summed E-state index contributed by atoms with van der Waals surface area (Å²) in [7, 11) is 0. The van der Waals surface area contributed by atoms with Gasteiger partial charge in [0, 0.05) is 6.04 Å². The summed E-state index contributed by atoms with van der Waals surface area (Å²) in [6.07, 6.45) is 3.20. The van der Waals surface area contributed by atoms with Crippen LogP contribution in [-0.2, 0) is 11.3 Å². The van der Waals surface area contributed by atoms with Crippen molar-refractivity contribution >= 4 is 33.5 Å². The van der Waals surface area contributed by atoms with E-state index in [1.807, 2.05) is 0 Å². The minimum Gasteiger partial charge on any atom is -0.335 e. The summed E-state index contributed by atoms with van der Waals surface area (Å²) in [5.74, 6) is -0.539. The number of nitrogens with zero attached hydrogens (tertiary/aromatic N) is 2. The van der Waals surface area contributed by atoms with Crippen LogP contribution in [0.5, 0.6) is 0 Å². The predicted molar refractivity (Wildman–Crippen MR) is 73.6 cm³/mol. The number of fused-ring (bicyclic) bond motifs is 1. The number of thiophene rings is 1. The molecule has 1 fully saturated rings. The summed E-state index contributed by atoms with van der Waals surface area (Å²) in [4.78, 5) is 39.2. The van der Waals surface area contributed by atoms with Gasteiger partial charge in [-0.25, -0.2) is 9.78 Å². The quantitative estimate of drug-likeness (QED) is 0.858. The number of carbonyl (C=O) groups is 2. The summed E-state index contributed by atoms with van der Waals surface area (Å²) >= 11 is 1.28. The number of imide groups is 1. The van der Waals surface area contributed by atoms with Crippen molar-refractivity contribution in [3.8, 4) is 0 Å². The fraction of sp³-hybridized carbons (Fsp3) is 0.333. The van der Waals surface area contributed by atoms with Crippen LogP contribution >= 0.6 is 11.3 Å². The molecule has 104 valence electrons. The number of hydrogen-bond donors (Lipinski definition) is 2. The number of rotatable bonds is 3. The van der Waals surface area contributed by atoms with Crippen LogP contribution in [0.1, 0.15) is 12.8 Å². The second-order valence-electron chi connectivity index (χ2n) is 4.61. The Kier molecular flexibility index (Phi) is 3.23. The van der Waals surface area contributed by atoms with Gasteiger partial charge in [-0.2, -0.15) is 0 Å². The maximum Gasteiger partial charge on any atom is 0.321 e. The van der Waals surface area contributed by atoms with E-state index < -0.39 is 11.9 Å². The monoisotopic (exact) mass is 292 g/mol. The highest BCUT2D eigenvalue weighted by atomic mass is 32.1. The number of carbonyl (C=O) groups excluding carboxylic acids is 2. The molecule has 0 bridgehead atoms. The lowest BCUT2D eigenvalue weighted by Crippen LogP contribution is -2.42. The summed E-state index contributed by atoms with van der Waals surface area (Å²) in [5, 5.41) is 6.60. The number of hydrogen-bond acceptors (Lipinski definition) is 5. The zero-order valence-electron chi connectivity index (χ0n) is 10.5. The largest absolute Gasteiger partial charge is 0.335 e. The van der Waals surface area contributed by atoms with Crippen LogP contribution in [0.3, 0.4) is 0 Å². The van der Waals surface area contributed by atoms with Gasteiger partial charge in [0.05, 0.1) is 11.8 Å². The smallest absolute Gasteiger partial charge is 0.321 e. The fourth-order valence-corrected chi connectivity index (χ4v) is 2.55. The first-order chi connectivity index (χ1) is 9.63. The number of amides is 3. The van der Waals surface area contributed by atoms with Gasteiger partial charge in [-0.3, -0.25) is 19.5 Å². The third-order valence-electron chi connectivity index (χ3n) is 2.92. The molecule has 7 nitrogen and oxygen atoms in total. The molecule has 1 saturated carbocycles. The van der Waals surface area contributed by atoms with E-state index in [0.29, 0.717) is 10.2 Å². The van der Waals surface area contributed by atoms with Gasteiger partial charge >= 0.3 is 6.03 Å². The fourth-order valence-electron chi connectivity index (χ4n) is 1.76. The van der Waals surface area contributed by atoms with Gasteiger partial charge in [-0.15, -0.1) is 11.3 Å². The molecule has 0 spiro atoms. The molecular weight excluding hydrogens is 280 g/mol. The summed E-state index contributed by atoms with van der Waals surface area (Å²) < 4.78 is 1.70. The topological polar surface area (TPSA) is 93.1 Å². The minimum atomic E-state index is -0.539. The Morgan fingerprint density at radius 1 is 1.45 bits per heavy atom. The molecule has 1 aliphatic carbocycles. The molecule has 2 N–H and O–H groups in total. The number of urea groups is 1. The Bertz CT molecular complexity index is 732. The lowest BCUT2D eigenvalue weighted by Gasteiger charge is -2.07. The average molecular weight is 292 g/mol. The van der Waals surface area contributed by atoms with Crippen LogP contribution in [0.15, 0.2) is 22.6 Å². The van der Waals surface area contributed by atoms with Crippen LogP contribution in [-0.4, -0.2) is 27.5 Å². The van der Waals surface area contributed by atoms with Crippen molar-refractivity contribution in [3.63, 3.8) is 0 Å². The molecule has 0 saturated heterocycles. The van der Waals surface area contributed by atoms with E-state index in [9.17, 15) is 14.4 Å². The first-order valence-corrected chi connectivity index (χ1v) is 7.04. The molecule has 8 heteroatoms. The first kappa shape index (κ1) is 12.8. The van der Waals surface area contributed by atoms with Crippen molar-refractivity contribution in [1.82, 2.24) is 20.2 Å². The first-order valence-electron chi connectivity index (χ1n) is 6.16. The highest BCUT2D eigenvalue weighted by Crippen LogP contribution is 2.18. The Hall–Kier alpha value is -2.22. The summed E-state index contributed by atoms with van der Waals surface area (Å²) in [5.41, 5.74) is 0.339.